The van der Waals surface area contributed by atoms with E-state index in [-0.39, 0.29) is 24.3 Å². The summed E-state index contributed by atoms with van der Waals surface area (Å²) in [6.45, 7) is 6.36. The Labute approximate surface area is 101 Å². The highest BCUT2D eigenvalue weighted by Gasteiger charge is 2.47. The van der Waals surface area contributed by atoms with Crippen LogP contribution in [0.4, 0.5) is 4.79 Å². The van der Waals surface area contributed by atoms with Crippen LogP contribution >= 0.6 is 0 Å². The molecule has 17 heavy (non-hydrogen) atoms. The van der Waals surface area contributed by atoms with Gasteiger partial charge in [0.25, 0.3) is 0 Å². The predicted octanol–water partition coefficient (Wildman–Crippen LogP) is 0.00460. The summed E-state index contributed by atoms with van der Waals surface area (Å²) in [6.07, 6.45) is -0.719. The maximum atomic E-state index is 11.6. The van der Waals surface area contributed by atoms with Crippen LogP contribution in [0.5, 0.6) is 0 Å². The molecule has 0 spiro atoms. The Morgan fingerprint density at radius 1 is 1.29 bits per heavy atom. The van der Waals surface area contributed by atoms with Gasteiger partial charge in [-0.2, -0.15) is 0 Å². The Morgan fingerprint density at radius 3 is 2.59 bits per heavy atom. The predicted molar refractivity (Wildman–Crippen MR) is 60.6 cm³/mol. The van der Waals surface area contributed by atoms with Gasteiger partial charge in [-0.15, -0.1) is 0 Å². The third kappa shape index (κ3) is 2.88. The van der Waals surface area contributed by atoms with E-state index in [9.17, 15) is 4.79 Å². The van der Waals surface area contributed by atoms with Gasteiger partial charge in [-0.25, -0.2) is 4.79 Å². The Balaban J connectivity index is 1.86. The van der Waals surface area contributed by atoms with Crippen LogP contribution in [0, 0.1) is 0 Å². The van der Waals surface area contributed by atoms with E-state index in [1.807, 2.05) is 20.8 Å². The molecule has 0 unspecified atom stereocenters. The summed E-state index contributed by atoms with van der Waals surface area (Å²) < 4.78 is 16.2. The average Bonchev–Trinajstić information content (AvgIpc) is 2.69. The van der Waals surface area contributed by atoms with Crippen LogP contribution in [0.15, 0.2) is 0 Å². The molecule has 6 nitrogen and oxygen atoms in total. The fourth-order valence-electron chi connectivity index (χ4n) is 2.11. The van der Waals surface area contributed by atoms with Crippen molar-refractivity contribution >= 4 is 6.09 Å². The quantitative estimate of drug-likeness (QED) is 0.678. The second kappa shape index (κ2) is 4.44. The maximum absolute atomic E-state index is 11.6. The van der Waals surface area contributed by atoms with Crippen LogP contribution in [-0.4, -0.2) is 49.2 Å². The van der Waals surface area contributed by atoms with Gasteiger partial charge >= 0.3 is 6.09 Å². The van der Waals surface area contributed by atoms with E-state index in [1.54, 1.807) is 0 Å². The SMILES string of the molecule is CC(C)(C)OC(=O)N[C@@H]1CO[C@H]2[C@H]1OC[C@H]2N. The minimum Gasteiger partial charge on any atom is -0.444 e. The third-order valence-corrected chi connectivity index (χ3v) is 2.79. The summed E-state index contributed by atoms with van der Waals surface area (Å²) in [5.74, 6) is 0. The number of hydrogen-bond donors (Lipinski definition) is 2. The summed E-state index contributed by atoms with van der Waals surface area (Å²) >= 11 is 0. The van der Waals surface area contributed by atoms with Crippen LogP contribution in [0.25, 0.3) is 0 Å². The van der Waals surface area contributed by atoms with Crippen molar-refractivity contribution in [1.29, 1.82) is 0 Å². The Kier molecular flexibility index (Phi) is 3.29. The molecule has 0 bridgehead atoms. The summed E-state index contributed by atoms with van der Waals surface area (Å²) in [7, 11) is 0. The molecule has 2 aliphatic rings. The van der Waals surface area contributed by atoms with E-state index in [0.717, 1.165) is 0 Å². The second-order valence-electron chi connectivity index (χ2n) is 5.51. The maximum Gasteiger partial charge on any atom is 0.408 e. The van der Waals surface area contributed by atoms with Crippen LogP contribution in [0.2, 0.25) is 0 Å². The minimum atomic E-state index is -0.504. The second-order valence-corrected chi connectivity index (χ2v) is 5.51. The number of fused-ring (bicyclic) bond motifs is 1. The fraction of sp³-hybridized carbons (Fsp3) is 0.909. The lowest BCUT2D eigenvalue weighted by molar-refractivity contribution is 0.0406. The summed E-state index contributed by atoms with van der Waals surface area (Å²) in [6, 6.07) is -0.283. The highest BCUT2D eigenvalue weighted by atomic mass is 16.6. The van der Waals surface area contributed by atoms with E-state index in [4.69, 9.17) is 19.9 Å². The van der Waals surface area contributed by atoms with Crippen molar-refractivity contribution in [3.05, 3.63) is 0 Å². The molecule has 0 radical (unpaired) electrons. The fourth-order valence-corrected chi connectivity index (χ4v) is 2.11. The van der Waals surface area contributed by atoms with Crippen LogP contribution < -0.4 is 11.1 Å². The highest BCUT2D eigenvalue weighted by Crippen LogP contribution is 2.26. The molecule has 6 heteroatoms. The van der Waals surface area contributed by atoms with Gasteiger partial charge in [-0.05, 0) is 20.8 Å². The van der Waals surface area contributed by atoms with Gasteiger partial charge < -0.3 is 25.3 Å². The first-order chi connectivity index (χ1) is 7.87. The zero-order chi connectivity index (χ0) is 12.6. The lowest BCUT2D eigenvalue weighted by Crippen LogP contribution is -2.46. The number of alkyl carbamates (subject to hydrolysis) is 1. The van der Waals surface area contributed by atoms with Crippen LogP contribution in [-0.2, 0) is 14.2 Å². The van der Waals surface area contributed by atoms with Gasteiger partial charge in [-0.1, -0.05) is 0 Å². The number of rotatable bonds is 1. The molecule has 1 amide bonds. The monoisotopic (exact) mass is 244 g/mol. The zero-order valence-electron chi connectivity index (χ0n) is 10.4. The molecule has 0 saturated carbocycles. The number of hydrogen-bond acceptors (Lipinski definition) is 5. The molecule has 0 aromatic rings. The van der Waals surface area contributed by atoms with Crippen molar-refractivity contribution in [1.82, 2.24) is 5.32 Å². The van der Waals surface area contributed by atoms with E-state index in [2.05, 4.69) is 5.32 Å². The largest absolute Gasteiger partial charge is 0.444 e. The molecule has 2 saturated heterocycles. The van der Waals surface area contributed by atoms with Crippen molar-refractivity contribution in [3.63, 3.8) is 0 Å². The van der Waals surface area contributed by atoms with E-state index in [1.165, 1.54) is 0 Å². The molecule has 98 valence electrons. The number of nitrogens with two attached hydrogens (primary N) is 1. The highest BCUT2D eigenvalue weighted by molar-refractivity contribution is 5.68. The van der Waals surface area contributed by atoms with Crippen LogP contribution in [0.1, 0.15) is 20.8 Å². The summed E-state index contributed by atoms with van der Waals surface area (Å²) in [5.41, 5.74) is 5.32. The van der Waals surface area contributed by atoms with Crippen molar-refractivity contribution < 1.29 is 19.0 Å². The third-order valence-electron chi connectivity index (χ3n) is 2.79. The minimum absolute atomic E-state index is 0.106. The molecule has 3 N–H and O–H groups in total. The first kappa shape index (κ1) is 12.6. The van der Waals surface area contributed by atoms with Crippen LogP contribution in [0.3, 0.4) is 0 Å². The smallest absolute Gasteiger partial charge is 0.408 e. The Bertz CT molecular complexity index is 302. The van der Waals surface area contributed by atoms with E-state index >= 15 is 0 Å². The molecule has 0 aromatic carbocycles. The Hall–Kier alpha value is -0.850. The average molecular weight is 244 g/mol. The van der Waals surface area contributed by atoms with Crippen molar-refractivity contribution in [2.24, 2.45) is 5.73 Å². The van der Waals surface area contributed by atoms with Crippen molar-refractivity contribution in [2.45, 2.75) is 50.7 Å². The molecular weight excluding hydrogens is 224 g/mol. The molecule has 4 atom stereocenters. The molecule has 2 rings (SSSR count). The standard InChI is InChI=1S/C11H20N2O4/c1-11(2,3)17-10(14)13-7-5-16-8-6(12)4-15-9(7)8/h6-9H,4-5,12H2,1-3H3,(H,13,14)/t6-,7-,8-,9+/m1/s1. The number of carbonyl (C=O) groups is 1. The van der Waals surface area contributed by atoms with Crippen molar-refractivity contribution in [2.75, 3.05) is 13.2 Å². The van der Waals surface area contributed by atoms with Gasteiger partial charge in [-0.3, -0.25) is 0 Å². The number of nitrogens with one attached hydrogen (secondary N) is 1. The molecule has 0 aromatic heterocycles. The molecule has 2 fully saturated rings. The number of carbonyl (C=O) groups excluding carboxylic acids is 1. The number of amides is 1. The van der Waals surface area contributed by atoms with Crippen molar-refractivity contribution in [3.8, 4) is 0 Å². The zero-order valence-corrected chi connectivity index (χ0v) is 10.4. The Morgan fingerprint density at radius 2 is 1.94 bits per heavy atom. The molecular formula is C11H20N2O4. The first-order valence-corrected chi connectivity index (χ1v) is 5.85. The first-order valence-electron chi connectivity index (χ1n) is 5.85. The van der Waals surface area contributed by atoms with Gasteiger partial charge in [0, 0.05) is 0 Å². The van der Waals surface area contributed by atoms with Gasteiger partial charge in [0.05, 0.1) is 25.3 Å². The topological polar surface area (TPSA) is 82.8 Å². The molecule has 2 aliphatic heterocycles. The normalized spacial score (nSPS) is 36.7. The molecule has 2 heterocycles. The van der Waals surface area contributed by atoms with Gasteiger partial charge in [0.2, 0.25) is 0 Å². The number of ether oxygens (including phenoxy) is 3. The van der Waals surface area contributed by atoms with E-state index < -0.39 is 11.7 Å². The summed E-state index contributed by atoms with van der Waals surface area (Å²) in [5, 5.41) is 2.76. The van der Waals surface area contributed by atoms with E-state index in [0.29, 0.717) is 13.2 Å². The summed E-state index contributed by atoms with van der Waals surface area (Å²) in [4.78, 5) is 11.6. The van der Waals surface area contributed by atoms with Gasteiger partial charge in [0.15, 0.2) is 0 Å². The van der Waals surface area contributed by atoms with Gasteiger partial charge in [0.1, 0.15) is 17.8 Å². The lowest BCUT2D eigenvalue weighted by atomic mass is 10.1. The lowest BCUT2D eigenvalue weighted by Gasteiger charge is -2.23. The molecule has 0 aliphatic carbocycles.